The van der Waals surface area contributed by atoms with E-state index in [-0.39, 0.29) is 11.3 Å². The smallest absolute Gasteiger partial charge is 0.151 e. The fraction of sp³-hybridized carbons (Fsp3) is 0.304. The van der Waals surface area contributed by atoms with Crippen molar-refractivity contribution in [2.75, 3.05) is 35.7 Å². The van der Waals surface area contributed by atoms with Crippen LogP contribution in [0.1, 0.15) is 29.8 Å². The number of benzene rings is 1. The van der Waals surface area contributed by atoms with E-state index in [1.807, 2.05) is 19.2 Å². The summed E-state index contributed by atoms with van der Waals surface area (Å²) in [6.45, 7) is 3.30. The molecule has 1 saturated heterocycles. The molecule has 0 aliphatic carbocycles. The van der Waals surface area contributed by atoms with E-state index in [0.29, 0.717) is 38.3 Å². The van der Waals surface area contributed by atoms with E-state index in [9.17, 15) is 0 Å². The lowest BCUT2D eigenvalue weighted by molar-refractivity contribution is 0.227. The van der Waals surface area contributed by atoms with Gasteiger partial charge in [-0.05, 0) is 43.5 Å². The van der Waals surface area contributed by atoms with Crippen molar-refractivity contribution >= 4 is 52.2 Å². The first-order valence-corrected chi connectivity index (χ1v) is 12.7. The second-order valence-electron chi connectivity index (χ2n) is 8.33. The molecule has 178 valence electrons. The van der Waals surface area contributed by atoms with Gasteiger partial charge in [-0.25, -0.2) is 0 Å². The van der Waals surface area contributed by atoms with Crippen LogP contribution >= 0.6 is 35.0 Å². The minimum atomic E-state index is -0.440. The zero-order chi connectivity index (χ0) is 24.5. The minimum Gasteiger partial charge on any atom is -0.486 e. The molecule has 3 heterocycles. The van der Waals surface area contributed by atoms with Crippen LogP contribution in [0.2, 0.25) is 10.0 Å². The SMILES string of the molecule is CSCC1(N)CN(c2ccc(C(=N)c3cc(O[C@H](C)c4c(Cl)cncc4Cl)ccc3N)nn2)C1. The molecule has 0 spiro atoms. The Morgan fingerprint density at radius 1 is 1.21 bits per heavy atom. The van der Waals surface area contributed by atoms with Gasteiger partial charge in [0.15, 0.2) is 5.82 Å². The summed E-state index contributed by atoms with van der Waals surface area (Å²) < 4.78 is 6.05. The van der Waals surface area contributed by atoms with Gasteiger partial charge in [0.1, 0.15) is 17.5 Å². The Morgan fingerprint density at radius 2 is 1.91 bits per heavy atom. The van der Waals surface area contributed by atoms with E-state index in [1.54, 1.807) is 36.0 Å². The van der Waals surface area contributed by atoms with Crippen molar-refractivity contribution in [3.05, 3.63) is 69.6 Å². The molecule has 1 aliphatic rings. The second kappa shape index (κ2) is 9.95. The molecule has 5 N–H and O–H groups in total. The number of nitrogens with two attached hydrogens (primary N) is 2. The first-order valence-electron chi connectivity index (χ1n) is 10.5. The van der Waals surface area contributed by atoms with E-state index < -0.39 is 6.10 Å². The number of ether oxygens (including phenoxy) is 1. The van der Waals surface area contributed by atoms with Gasteiger partial charge in [-0.1, -0.05) is 23.2 Å². The number of thioether (sulfide) groups is 1. The van der Waals surface area contributed by atoms with Crippen LogP contribution in [0, 0.1) is 5.41 Å². The molecule has 0 amide bonds. The van der Waals surface area contributed by atoms with Crippen LogP contribution in [0.3, 0.4) is 0 Å². The number of nitrogens with zero attached hydrogens (tertiary/aromatic N) is 4. The maximum absolute atomic E-state index is 8.65. The lowest BCUT2D eigenvalue weighted by Crippen LogP contribution is -2.69. The van der Waals surface area contributed by atoms with Crippen molar-refractivity contribution in [3.8, 4) is 5.75 Å². The number of nitrogen functional groups attached to an aromatic ring is 1. The van der Waals surface area contributed by atoms with Gasteiger partial charge in [0.25, 0.3) is 0 Å². The average molecular weight is 518 g/mol. The molecule has 4 rings (SSSR count). The largest absolute Gasteiger partial charge is 0.486 e. The van der Waals surface area contributed by atoms with E-state index in [2.05, 4.69) is 20.1 Å². The molecule has 34 heavy (non-hydrogen) atoms. The quantitative estimate of drug-likeness (QED) is 0.299. The maximum Gasteiger partial charge on any atom is 0.151 e. The summed E-state index contributed by atoms with van der Waals surface area (Å²) in [5.41, 5.74) is 14.4. The van der Waals surface area contributed by atoms with Gasteiger partial charge in [0.2, 0.25) is 0 Å². The molecular formula is C23H25Cl2N7OS. The van der Waals surface area contributed by atoms with Crippen LogP contribution in [0.5, 0.6) is 5.75 Å². The van der Waals surface area contributed by atoms with Gasteiger partial charge in [-0.3, -0.25) is 10.4 Å². The molecule has 0 bridgehead atoms. The second-order valence-corrected chi connectivity index (χ2v) is 10.0. The predicted octanol–water partition coefficient (Wildman–Crippen LogP) is 4.20. The lowest BCUT2D eigenvalue weighted by Gasteiger charge is -2.47. The van der Waals surface area contributed by atoms with Crippen molar-refractivity contribution in [2.24, 2.45) is 5.73 Å². The van der Waals surface area contributed by atoms with E-state index in [0.717, 1.165) is 24.7 Å². The van der Waals surface area contributed by atoms with Crippen molar-refractivity contribution in [1.82, 2.24) is 15.2 Å². The van der Waals surface area contributed by atoms with Gasteiger partial charge in [0, 0.05) is 48.1 Å². The number of rotatable bonds is 8. The van der Waals surface area contributed by atoms with Crippen molar-refractivity contribution < 1.29 is 4.74 Å². The van der Waals surface area contributed by atoms with Crippen molar-refractivity contribution in [3.63, 3.8) is 0 Å². The molecule has 1 fully saturated rings. The maximum atomic E-state index is 8.65. The lowest BCUT2D eigenvalue weighted by atomic mass is 9.93. The Balaban J connectivity index is 1.49. The summed E-state index contributed by atoms with van der Waals surface area (Å²) in [6.07, 6.45) is 4.65. The normalized spacial score (nSPS) is 15.5. The highest BCUT2D eigenvalue weighted by molar-refractivity contribution is 7.98. The third-order valence-corrected chi connectivity index (χ3v) is 7.04. The number of hydrogen-bond acceptors (Lipinski definition) is 9. The summed E-state index contributed by atoms with van der Waals surface area (Å²) in [5.74, 6) is 2.16. The Morgan fingerprint density at radius 3 is 2.53 bits per heavy atom. The molecule has 1 aliphatic heterocycles. The van der Waals surface area contributed by atoms with Crippen molar-refractivity contribution in [1.29, 1.82) is 5.41 Å². The monoisotopic (exact) mass is 517 g/mol. The average Bonchev–Trinajstić information content (AvgIpc) is 2.78. The van der Waals surface area contributed by atoms with Gasteiger partial charge in [0.05, 0.1) is 21.3 Å². The molecule has 1 atom stereocenters. The van der Waals surface area contributed by atoms with Gasteiger partial charge in [-0.15, -0.1) is 10.2 Å². The molecular weight excluding hydrogens is 493 g/mol. The fourth-order valence-electron chi connectivity index (χ4n) is 3.92. The molecule has 0 unspecified atom stereocenters. The first kappa shape index (κ1) is 24.5. The molecule has 3 aromatic rings. The Hall–Kier alpha value is -2.59. The highest BCUT2D eigenvalue weighted by Crippen LogP contribution is 2.33. The van der Waals surface area contributed by atoms with Crippen LogP contribution in [0.25, 0.3) is 0 Å². The summed E-state index contributed by atoms with van der Waals surface area (Å²) in [7, 11) is 0. The van der Waals surface area contributed by atoms with Gasteiger partial charge < -0.3 is 21.1 Å². The molecule has 0 radical (unpaired) electrons. The number of halogens is 2. The number of hydrogen-bond donors (Lipinski definition) is 3. The molecule has 8 nitrogen and oxygen atoms in total. The Labute approximate surface area is 212 Å². The third-order valence-electron chi connectivity index (χ3n) is 5.58. The van der Waals surface area contributed by atoms with E-state index >= 15 is 0 Å². The number of nitrogens with one attached hydrogen (secondary N) is 1. The summed E-state index contributed by atoms with van der Waals surface area (Å²) >= 11 is 14.2. The fourth-order valence-corrected chi connectivity index (χ4v) is 5.35. The van der Waals surface area contributed by atoms with E-state index in [1.165, 1.54) is 12.4 Å². The molecule has 2 aromatic heterocycles. The summed E-state index contributed by atoms with van der Waals surface area (Å²) in [4.78, 5) is 6.05. The molecule has 11 heteroatoms. The summed E-state index contributed by atoms with van der Waals surface area (Å²) in [6, 6.07) is 8.74. The van der Waals surface area contributed by atoms with Gasteiger partial charge >= 0.3 is 0 Å². The molecule has 0 saturated carbocycles. The summed E-state index contributed by atoms with van der Waals surface area (Å²) in [5, 5.41) is 18.0. The first-order chi connectivity index (χ1) is 16.2. The number of aromatic nitrogens is 3. The highest BCUT2D eigenvalue weighted by Gasteiger charge is 2.39. The van der Waals surface area contributed by atoms with E-state index in [4.69, 9.17) is 44.8 Å². The van der Waals surface area contributed by atoms with Crippen LogP contribution in [-0.4, -0.2) is 51.5 Å². The zero-order valence-electron chi connectivity index (χ0n) is 18.8. The predicted molar refractivity (Wildman–Crippen MR) is 140 cm³/mol. The topological polar surface area (TPSA) is 127 Å². The Kier molecular flexibility index (Phi) is 7.18. The standard InChI is InChI=1S/C23H25Cl2N7OS/c1-13(21-16(24)8-29-9-17(21)25)33-14-3-4-18(26)15(7-14)22(27)19-5-6-20(31-30-19)32-10-23(28,11-32)12-34-2/h3-9,13,27H,10-12,26,28H2,1-2H3/t13-/m1/s1. The highest BCUT2D eigenvalue weighted by atomic mass is 35.5. The van der Waals surface area contributed by atoms with Crippen LogP contribution < -0.4 is 21.1 Å². The number of pyridine rings is 1. The van der Waals surface area contributed by atoms with Crippen molar-refractivity contribution in [2.45, 2.75) is 18.6 Å². The molecule has 1 aromatic carbocycles. The number of anilines is 2. The zero-order valence-corrected chi connectivity index (χ0v) is 21.1. The Bertz CT molecular complexity index is 1180. The third kappa shape index (κ3) is 5.07. The van der Waals surface area contributed by atoms with Crippen LogP contribution in [0.15, 0.2) is 42.7 Å². The minimum absolute atomic E-state index is 0.147. The van der Waals surface area contributed by atoms with Gasteiger partial charge in [-0.2, -0.15) is 11.8 Å². The van der Waals surface area contributed by atoms with Crippen LogP contribution in [-0.2, 0) is 0 Å². The van der Waals surface area contributed by atoms with Crippen LogP contribution in [0.4, 0.5) is 11.5 Å².